The molecule has 1 aromatic carbocycles. The standard InChI is InChI=1S/C11H12O6/c1-6(12)17-8-5-10(16-3)9(15-2)4-7(8)11(13)14/h4-5H,1-3H3,(H,13,14). The van der Waals surface area contributed by atoms with Crippen LogP contribution in [0.3, 0.4) is 0 Å². The Labute approximate surface area is 97.7 Å². The molecule has 0 aromatic heterocycles. The van der Waals surface area contributed by atoms with Gasteiger partial charge in [0.25, 0.3) is 0 Å². The molecule has 6 heteroatoms. The van der Waals surface area contributed by atoms with Gasteiger partial charge < -0.3 is 19.3 Å². The van der Waals surface area contributed by atoms with E-state index in [0.29, 0.717) is 0 Å². The van der Waals surface area contributed by atoms with Gasteiger partial charge in [0.05, 0.1) is 14.2 Å². The molecule has 0 saturated heterocycles. The van der Waals surface area contributed by atoms with Crippen LogP contribution >= 0.6 is 0 Å². The van der Waals surface area contributed by atoms with Crippen LogP contribution in [-0.4, -0.2) is 31.3 Å². The third kappa shape index (κ3) is 2.87. The van der Waals surface area contributed by atoms with Crippen LogP contribution in [0.25, 0.3) is 0 Å². The zero-order valence-corrected chi connectivity index (χ0v) is 9.64. The van der Waals surface area contributed by atoms with Crippen LogP contribution in [-0.2, 0) is 4.79 Å². The van der Waals surface area contributed by atoms with E-state index >= 15 is 0 Å². The Bertz CT molecular complexity index is 452. The minimum absolute atomic E-state index is 0.0809. The summed E-state index contributed by atoms with van der Waals surface area (Å²) in [6.45, 7) is 1.18. The number of carbonyl (C=O) groups is 2. The van der Waals surface area contributed by atoms with Crippen LogP contribution in [0.1, 0.15) is 17.3 Å². The number of hydrogen-bond acceptors (Lipinski definition) is 5. The van der Waals surface area contributed by atoms with Gasteiger partial charge in [0.1, 0.15) is 11.3 Å². The van der Waals surface area contributed by atoms with Gasteiger partial charge >= 0.3 is 11.9 Å². The van der Waals surface area contributed by atoms with Crippen LogP contribution in [0.15, 0.2) is 12.1 Å². The van der Waals surface area contributed by atoms with Crippen LogP contribution in [0.5, 0.6) is 17.2 Å². The van der Waals surface area contributed by atoms with Crippen LogP contribution < -0.4 is 14.2 Å². The van der Waals surface area contributed by atoms with Gasteiger partial charge in [-0.3, -0.25) is 4.79 Å². The predicted molar refractivity (Wildman–Crippen MR) is 57.8 cm³/mol. The van der Waals surface area contributed by atoms with Gasteiger partial charge in [-0.2, -0.15) is 0 Å². The lowest BCUT2D eigenvalue weighted by atomic mass is 10.1. The number of methoxy groups -OCH3 is 2. The smallest absolute Gasteiger partial charge is 0.339 e. The van der Waals surface area contributed by atoms with E-state index in [1.54, 1.807) is 0 Å². The molecule has 0 aliphatic heterocycles. The number of carbonyl (C=O) groups excluding carboxylic acids is 1. The lowest BCUT2D eigenvalue weighted by Crippen LogP contribution is -2.08. The van der Waals surface area contributed by atoms with E-state index in [1.807, 2.05) is 0 Å². The third-order valence-electron chi connectivity index (χ3n) is 1.97. The number of hydrogen-bond donors (Lipinski definition) is 1. The molecular weight excluding hydrogens is 228 g/mol. The Morgan fingerprint density at radius 3 is 2.00 bits per heavy atom. The molecule has 0 heterocycles. The van der Waals surface area contributed by atoms with Crippen molar-refractivity contribution in [2.45, 2.75) is 6.92 Å². The van der Waals surface area contributed by atoms with Crippen molar-refractivity contribution in [3.63, 3.8) is 0 Å². The second kappa shape index (κ2) is 5.20. The first-order valence-electron chi connectivity index (χ1n) is 4.67. The molecule has 1 rings (SSSR count). The molecule has 6 nitrogen and oxygen atoms in total. The number of aromatic carboxylic acids is 1. The van der Waals surface area contributed by atoms with Gasteiger partial charge in [0.15, 0.2) is 11.5 Å². The highest BCUT2D eigenvalue weighted by atomic mass is 16.5. The molecular formula is C11H12O6. The molecule has 0 spiro atoms. The summed E-state index contributed by atoms with van der Waals surface area (Å²) < 4.78 is 14.7. The number of carboxylic acid groups (broad SMARTS) is 1. The molecule has 0 fully saturated rings. The zero-order valence-electron chi connectivity index (χ0n) is 9.64. The topological polar surface area (TPSA) is 82.1 Å². The van der Waals surface area contributed by atoms with Gasteiger partial charge in [-0.25, -0.2) is 4.79 Å². The van der Waals surface area contributed by atoms with Crippen molar-refractivity contribution in [3.8, 4) is 17.2 Å². The molecule has 0 aliphatic carbocycles. The summed E-state index contributed by atoms with van der Waals surface area (Å²) in [5.74, 6) is -1.38. The number of carboxylic acids is 1. The zero-order chi connectivity index (χ0) is 13.0. The Kier molecular flexibility index (Phi) is 3.92. The van der Waals surface area contributed by atoms with Crippen LogP contribution in [0.4, 0.5) is 0 Å². The molecule has 0 radical (unpaired) electrons. The average Bonchev–Trinajstić information content (AvgIpc) is 2.27. The lowest BCUT2D eigenvalue weighted by Gasteiger charge is -2.11. The van der Waals surface area contributed by atoms with E-state index in [0.717, 1.165) is 0 Å². The first-order valence-corrected chi connectivity index (χ1v) is 4.67. The molecule has 0 aliphatic rings. The van der Waals surface area contributed by atoms with Crippen LogP contribution in [0, 0.1) is 0 Å². The normalized spacial score (nSPS) is 9.59. The highest BCUT2D eigenvalue weighted by molar-refractivity contribution is 5.93. The maximum atomic E-state index is 11.0. The molecule has 0 amide bonds. The van der Waals surface area contributed by atoms with Crippen molar-refractivity contribution < 1.29 is 28.9 Å². The second-order valence-corrected chi connectivity index (χ2v) is 3.10. The minimum Gasteiger partial charge on any atom is -0.493 e. The highest BCUT2D eigenvalue weighted by Crippen LogP contribution is 2.34. The lowest BCUT2D eigenvalue weighted by molar-refractivity contribution is -0.131. The monoisotopic (exact) mass is 240 g/mol. The van der Waals surface area contributed by atoms with Crippen molar-refractivity contribution in [2.24, 2.45) is 0 Å². The SMILES string of the molecule is COc1cc(OC(C)=O)c(C(=O)O)cc1OC. The van der Waals surface area contributed by atoms with E-state index in [-0.39, 0.29) is 22.8 Å². The first-order chi connectivity index (χ1) is 7.99. The Morgan fingerprint density at radius 2 is 1.59 bits per heavy atom. The van der Waals surface area contributed by atoms with E-state index in [1.165, 1.54) is 33.3 Å². The quantitative estimate of drug-likeness (QED) is 0.631. The highest BCUT2D eigenvalue weighted by Gasteiger charge is 2.18. The summed E-state index contributed by atoms with van der Waals surface area (Å²) in [4.78, 5) is 21.8. The van der Waals surface area contributed by atoms with Crippen molar-refractivity contribution >= 4 is 11.9 Å². The summed E-state index contributed by atoms with van der Waals surface area (Å²) in [6.07, 6.45) is 0. The Hall–Kier alpha value is -2.24. The van der Waals surface area contributed by atoms with Crippen molar-refractivity contribution in [3.05, 3.63) is 17.7 Å². The fourth-order valence-electron chi connectivity index (χ4n) is 1.27. The van der Waals surface area contributed by atoms with Gasteiger partial charge in [-0.05, 0) is 0 Å². The summed E-state index contributed by atoms with van der Waals surface area (Å²) in [6, 6.07) is 2.53. The molecule has 0 saturated carbocycles. The summed E-state index contributed by atoms with van der Waals surface area (Å²) in [5, 5.41) is 8.97. The molecule has 1 N–H and O–H groups in total. The molecule has 0 atom stereocenters. The van der Waals surface area contributed by atoms with E-state index < -0.39 is 11.9 Å². The maximum absolute atomic E-state index is 11.0. The molecule has 92 valence electrons. The fraction of sp³-hybridized carbons (Fsp3) is 0.273. The Morgan fingerprint density at radius 1 is 1.06 bits per heavy atom. The van der Waals surface area contributed by atoms with E-state index in [9.17, 15) is 9.59 Å². The van der Waals surface area contributed by atoms with E-state index in [4.69, 9.17) is 19.3 Å². The van der Waals surface area contributed by atoms with Crippen molar-refractivity contribution in [2.75, 3.05) is 14.2 Å². The van der Waals surface area contributed by atoms with Crippen molar-refractivity contribution in [1.82, 2.24) is 0 Å². The first kappa shape index (κ1) is 12.8. The Balaban J connectivity index is 3.34. The maximum Gasteiger partial charge on any atom is 0.339 e. The largest absolute Gasteiger partial charge is 0.493 e. The number of benzene rings is 1. The van der Waals surface area contributed by atoms with Crippen LogP contribution in [0.2, 0.25) is 0 Å². The number of esters is 1. The molecule has 0 bridgehead atoms. The minimum atomic E-state index is -1.22. The molecule has 0 unspecified atom stereocenters. The molecule has 17 heavy (non-hydrogen) atoms. The van der Waals surface area contributed by atoms with Gasteiger partial charge in [0.2, 0.25) is 0 Å². The second-order valence-electron chi connectivity index (χ2n) is 3.10. The summed E-state index contributed by atoms with van der Waals surface area (Å²) >= 11 is 0. The number of ether oxygens (including phenoxy) is 3. The molecule has 1 aromatic rings. The van der Waals surface area contributed by atoms with Crippen molar-refractivity contribution in [1.29, 1.82) is 0 Å². The third-order valence-corrected chi connectivity index (χ3v) is 1.97. The average molecular weight is 240 g/mol. The fourth-order valence-corrected chi connectivity index (χ4v) is 1.27. The van der Waals surface area contributed by atoms with E-state index in [2.05, 4.69) is 0 Å². The number of rotatable bonds is 4. The summed E-state index contributed by atoms with van der Waals surface area (Å²) in [5.41, 5.74) is -0.169. The van der Waals surface area contributed by atoms with Gasteiger partial charge in [0, 0.05) is 19.1 Å². The predicted octanol–water partition coefficient (Wildman–Crippen LogP) is 1.33. The van der Waals surface area contributed by atoms with Gasteiger partial charge in [-0.1, -0.05) is 0 Å². The summed E-state index contributed by atoms with van der Waals surface area (Å²) in [7, 11) is 2.78. The van der Waals surface area contributed by atoms with Gasteiger partial charge in [-0.15, -0.1) is 0 Å².